The molecule has 0 aliphatic heterocycles. The second-order valence-electron chi connectivity index (χ2n) is 12.2. The van der Waals surface area contributed by atoms with Crippen molar-refractivity contribution in [1.29, 1.82) is 0 Å². The lowest BCUT2D eigenvalue weighted by atomic mass is 9.38. The quantitative estimate of drug-likeness (QED) is 0.178. The topological polar surface area (TPSA) is 183 Å². The summed E-state index contributed by atoms with van der Waals surface area (Å²) in [6.45, 7) is 9.20. The zero-order chi connectivity index (χ0) is 27.8. The predicted octanol–water partition coefficient (Wildman–Crippen LogP) is 2.15. The molecule has 4 aliphatic carbocycles. The van der Waals surface area contributed by atoms with Gasteiger partial charge in [0.1, 0.15) is 12.2 Å². The van der Waals surface area contributed by atoms with E-state index in [4.69, 9.17) is 20.8 Å². The van der Waals surface area contributed by atoms with Crippen LogP contribution in [-0.2, 0) is 14.4 Å². The molecule has 4 saturated carbocycles. The monoisotopic (exact) mass is 524 g/mol. The third-order valence-corrected chi connectivity index (χ3v) is 10.4. The van der Waals surface area contributed by atoms with Crippen LogP contribution in [0, 0.1) is 34.0 Å². The molecule has 8 atom stereocenters. The molecule has 0 aromatic rings. The SMILES string of the molecule is CC1(C)/C(=N/OCCN)CC[C@]2(C)[C@H]3CC[C@]4(C)[C@@H](O)CC[C@H]4[C@@H]3C[C@H](O)[C@@]12O.O=C(O)/C=C/C(=O)O. The second-order valence-corrected chi connectivity index (χ2v) is 12.2. The molecule has 0 amide bonds. The molecule has 10 heteroatoms. The third kappa shape index (κ3) is 4.82. The minimum absolute atomic E-state index is 0.0421. The van der Waals surface area contributed by atoms with Crippen molar-refractivity contribution in [3.63, 3.8) is 0 Å². The highest BCUT2D eigenvalue weighted by atomic mass is 16.6. The number of oxime groups is 1. The molecule has 37 heavy (non-hydrogen) atoms. The molecule has 0 heterocycles. The Morgan fingerprint density at radius 1 is 1.00 bits per heavy atom. The van der Waals surface area contributed by atoms with Crippen molar-refractivity contribution in [2.75, 3.05) is 13.2 Å². The van der Waals surface area contributed by atoms with Crippen LogP contribution in [-0.4, -0.2) is 74.1 Å². The van der Waals surface area contributed by atoms with E-state index in [-0.39, 0.29) is 16.9 Å². The van der Waals surface area contributed by atoms with E-state index < -0.39 is 29.1 Å². The van der Waals surface area contributed by atoms with Crippen LogP contribution in [0.25, 0.3) is 0 Å². The Morgan fingerprint density at radius 3 is 2.19 bits per heavy atom. The first kappa shape index (κ1) is 29.5. The molecule has 0 aromatic carbocycles. The normalized spacial score (nSPS) is 43.2. The highest BCUT2D eigenvalue weighted by molar-refractivity contribution is 5.92. The van der Waals surface area contributed by atoms with Crippen molar-refractivity contribution in [3.8, 4) is 0 Å². The van der Waals surface area contributed by atoms with Crippen LogP contribution in [0.1, 0.15) is 72.6 Å². The van der Waals surface area contributed by atoms with Crippen LogP contribution in [0.5, 0.6) is 0 Å². The zero-order valence-electron chi connectivity index (χ0n) is 22.4. The largest absolute Gasteiger partial charge is 0.478 e. The van der Waals surface area contributed by atoms with Crippen LogP contribution in [0.4, 0.5) is 0 Å². The summed E-state index contributed by atoms with van der Waals surface area (Å²) < 4.78 is 0. The lowest BCUT2D eigenvalue weighted by molar-refractivity contribution is -0.276. The Labute approximate surface area is 218 Å². The third-order valence-electron chi connectivity index (χ3n) is 10.4. The average molecular weight is 525 g/mol. The lowest BCUT2D eigenvalue weighted by Gasteiger charge is -2.68. The highest BCUT2D eigenvalue weighted by Crippen LogP contribution is 2.69. The number of carboxylic acids is 2. The number of aliphatic hydroxyl groups is 3. The number of aliphatic carboxylic acids is 2. The van der Waals surface area contributed by atoms with Crippen LogP contribution in [0.15, 0.2) is 17.3 Å². The molecule has 4 fully saturated rings. The smallest absolute Gasteiger partial charge is 0.328 e. The first-order chi connectivity index (χ1) is 17.2. The molecule has 7 N–H and O–H groups in total. The number of carbonyl (C=O) groups is 2. The fourth-order valence-corrected chi connectivity index (χ4v) is 8.37. The number of nitrogens with zero attached hydrogens (tertiary/aromatic N) is 1. The van der Waals surface area contributed by atoms with Gasteiger partial charge in [0.25, 0.3) is 0 Å². The number of nitrogens with two attached hydrogens (primary N) is 1. The molecule has 0 bridgehead atoms. The summed E-state index contributed by atoms with van der Waals surface area (Å²) in [5, 5.41) is 54.3. The Hall–Kier alpha value is -2.01. The predicted molar refractivity (Wildman–Crippen MR) is 137 cm³/mol. The van der Waals surface area contributed by atoms with Crippen molar-refractivity contribution in [2.24, 2.45) is 44.9 Å². The van der Waals surface area contributed by atoms with E-state index in [2.05, 4.69) is 19.0 Å². The van der Waals surface area contributed by atoms with Crippen molar-refractivity contribution < 1.29 is 40.0 Å². The molecule has 10 nitrogen and oxygen atoms in total. The standard InChI is InChI=1S/C23H40N2O4.C4H4O4/c1-20(2)17(25-29-12-11-24)8-10-22(4)16-7-9-21(3)15(5-6-18(21)26)14(16)13-19(27)23(20,22)28;5-3(6)1-2-4(7)8/h14-16,18-19,26-28H,5-13,24H2,1-4H3;1-2H,(H,5,6)(H,7,8)/b25-17+;2-1+/t14-,15-,16-,18-,19-,21-,22+,23+;/m0./s1. The van der Waals surface area contributed by atoms with E-state index in [9.17, 15) is 24.9 Å². The minimum atomic E-state index is -1.26. The molecular formula is C27H44N2O8. The molecule has 210 valence electrons. The molecule has 0 spiro atoms. The summed E-state index contributed by atoms with van der Waals surface area (Å²) in [5.74, 6) is -1.38. The van der Waals surface area contributed by atoms with Gasteiger partial charge in [0.2, 0.25) is 0 Å². The van der Waals surface area contributed by atoms with Gasteiger partial charge in [0, 0.05) is 29.5 Å². The summed E-state index contributed by atoms with van der Waals surface area (Å²) >= 11 is 0. The number of hydrogen-bond acceptors (Lipinski definition) is 8. The molecule has 0 aromatic heterocycles. The summed E-state index contributed by atoms with van der Waals surface area (Å²) in [7, 11) is 0. The van der Waals surface area contributed by atoms with Gasteiger partial charge in [0.05, 0.1) is 17.9 Å². The van der Waals surface area contributed by atoms with E-state index in [1.165, 1.54) is 0 Å². The summed E-state index contributed by atoms with van der Waals surface area (Å²) in [5.41, 5.74) is 3.97. The van der Waals surface area contributed by atoms with E-state index in [1.807, 2.05) is 13.8 Å². The van der Waals surface area contributed by atoms with Gasteiger partial charge in [-0.05, 0) is 68.1 Å². The molecule has 0 saturated heterocycles. The fourth-order valence-electron chi connectivity index (χ4n) is 8.37. The fraction of sp³-hybridized carbons (Fsp3) is 0.815. The van der Waals surface area contributed by atoms with Gasteiger partial charge in [-0.1, -0.05) is 32.9 Å². The Kier molecular flexibility index (Phi) is 8.49. The van der Waals surface area contributed by atoms with E-state index in [0.717, 1.165) is 44.2 Å². The first-order valence-corrected chi connectivity index (χ1v) is 13.3. The van der Waals surface area contributed by atoms with E-state index in [0.29, 0.717) is 49.5 Å². The molecule has 0 unspecified atom stereocenters. The van der Waals surface area contributed by atoms with Crippen LogP contribution >= 0.6 is 0 Å². The number of fused-ring (bicyclic) bond motifs is 5. The summed E-state index contributed by atoms with van der Waals surface area (Å²) in [4.78, 5) is 24.5. The van der Waals surface area contributed by atoms with Crippen LogP contribution in [0.3, 0.4) is 0 Å². The van der Waals surface area contributed by atoms with Crippen molar-refractivity contribution >= 4 is 17.7 Å². The Balaban J connectivity index is 0.000000414. The van der Waals surface area contributed by atoms with Gasteiger partial charge in [-0.15, -0.1) is 0 Å². The van der Waals surface area contributed by atoms with Crippen LogP contribution in [0.2, 0.25) is 0 Å². The minimum Gasteiger partial charge on any atom is -0.478 e. The lowest BCUT2D eigenvalue weighted by Crippen LogP contribution is -2.74. The molecular weight excluding hydrogens is 480 g/mol. The van der Waals surface area contributed by atoms with Gasteiger partial charge >= 0.3 is 11.9 Å². The maximum absolute atomic E-state index is 12.2. The Morgan fingerprint density at radius 2 is 1.62 bits per heavy atom. The average Bonchev–Trinajstić information content (AvgIpc) is 3.12. The van der Waals surface area contributed by atoms with Gasteiger partial charge in [-0.2, -0.15) is 0 Å². The van der Waals surface area contributed by atoms with Crippen molar-refractivity contribution in [2.45, 2.75) is 90.4 Å². The van der Waals surface area contributed by atoms with E-state index in [1.54, 1.807) is 0 Å². The number of hydrogen-bond donors (Lipinski definition) is 6. The Bertz CT molecular complexity index is 919. The first-order valence-electron chi connectivity index (χ1n) is 13.3. The van der Waals surface area contributed by atoms with Crippen LogP contribution < -0.4 is 5.73 Å². The zero-order valence-corrected chi connectivity index (χ0v) is 22.4. The van der Waals surface area contributed by atoms with Gasteiger partial charge < -0.3 is 36.1 Å². The van der Waals surface area contributed by atoms with Gasteiger partial charge in [0.15, 0.2) is 0 Å². The molecule has 4 aliphatic rings. The highest BCUT2D eigenvalue weighted by Gasteiger charge is 2.72. The maximum atomic E-state index is 12.2. The van der Waals surface area contributed by atoms with Gasteiger partial charge in [-0.25, -0.2) is 9.59 Å². The second kappa shape index (κ2) is 10.6. The number of aliphatic hydroxyl groups excluding tert-OH is 2. The molecule has 4 rings (SSSR count). The number of rotatable bonds is 5. The van der Waals surface area contributed by atoms with Crippen molar-refractivity contribution in [3.05, 3.63) is 12.2 Å². The summed E-state index contributed by atoms with van der Waals surface area (Å²) in [6.07, 6.45) is 6.12. The van der Waals surface area contributed by atoms with Gasteiger partial charge in [-0.3, -0.25) is 0 Å². The summed E-state index contributed by atoms with van der Waals surface area (Å²) in [6, 6.07) is 0. The molecule has 0 radical (unpaired) electrons. The van der Waals surface area contributed by atoms with E-state index >= 15 is 0 Å². The maximum Gasteiger partial charge on any atom is 0.328 e. The number of carboxylic acid groups (broad SMARTS) is 2. The van der Waals surface area contributed by atoms with Crippen molar-refractivity contribution in [1.82, 2.24) is 0 Å².